The molecule has 1 saturated carbocycles. The Morgan fingerprint density at radius 1 is 1.10 bits per heavy atom. The van der Waals surface area contributed by atoms with Crippen LogP contribution in [0, 0.1) is 5.41 Å². The van der Waals surface area contributed by atoms with Crippen molar-refractivity contribution in [2.45, 2.75) is 52.1 Å². The molecule has 0 aliphatic heterocycles. The summed E-state index contributed by atoms with van der Waals surface area (Å²) < 4.78 is 0. The van der Waals surface area contributed by atoms with E-state index in [-0.39, 0.29) is 5.60 Å². The van der Waals surface area contributed by atoms with Gasteiger partial charge in [0.05, 0.1) is 5.60 Å². The summed E-state index contributed by atoms with van der Waals surface area (Å²) in [6, 6.07) is 0. The van der Waals surface area contributed by atoms with E-state index in [2.05, 4.69) is 13.8 Å². The molecule has 1 rings (SSSR count). The van der Waals surface area contributed by atoms with Crippen molar-refractivity contribution in [2.75, 3.05) is 0 Å². The molecule has 0 saturated heterocycles. The Kier molecular flexibility index (Phi) is 1.80. The minimum Gasteiger partial charge on any atom is -0.390 e. The molecule has 0 unspecified atom stereocenters. The Bertz CT molecular complexity index is 111. The molecule has 0 aromatic carbocycles. The molecule has 1 N–H and O–H groups in total. The Morgan fingerprint density at radius 2 is 1.70 bits per heavy atom. The predicted molar refractivity (Wildman–Crippen MR) is 42.9 cm³/mol. The molecular weight excluding hydrogens is 124 g/mol. The maximum absolute atomic E-state index is 9.71. The van der Waals surface area contributed by atoms with Gasteiger partial charge in [0.1, 0.15) is 0 Å². The van der Waals surface area contributed by atoms with Crippen molar-refractivity contribution >= 4 is 0 Å². The van der Waals surface area contributed by atoms with E-state index in [1.807, 2.05) is 6.92 Å². The first-order valence-corrected chi connectivity index (χ1v) is 4.14. The zero-order valence-electron chi connectivity index (χ0n) is 7.28. The van der Waals surface area contributed by atoms with Crippen LogP contribution >= 0.6 is 0 Å². The molecule has 0 radical (unpaired) electrons. The Morgan fingerprint density at radius 3 is 2.00 bits per heavy atom. The number of rotatable bonds is 0. The van der Waals surface area contributed by atoms with Crippen LogP contribution in [0.1, 0.15) is 46.5 Å². The van der Waals surface area contributed by atoms with Crippen LogP contribution in [-0.2, 0) is 0 Å². The van der Waals surface area contributed by atoms with Gasteiger partial charge in [-0.15, -0.1) is 0 Å². The molecule has 0 heterocycles. The monoisotopic (exact) mass is 142 g/mol. The summed E-state index contributed by atoms with van der Waals surface area (Å²) in [7, 11) is 0. The maximum atomic E-state index is 9.71. The molecule has 1 nitrogen and oxygen atoms in total. The molecule has 1 aliphatic carbocycles. The van der Waals surface area contributed by atoms with Crippen molar-refractivity contribution in [3.05, 3.63) is 0 Å². The maximum Gasteiger partial charge on any atom is 0.0624 e. The molecule has 60 valence electrons. The first-order chi connectivity index (χ1) is 4.41. The van der Waals surface area contributed by atoms with E-state index >= 15 is 0 Å². The van der Waals surface area contributed by atoms with Crippen LogP contribution in [0.25, 0.3) is 0 Å². The van der Waals surface area contributed by atoms with Crippen LogP contribution in [0.4, 0.5) is 0 Å². The minimum absolute atomic E-state index is 0.363. The van der Waals surface area contributed by atoms with Gasteiger partial charge in [0.15, 0.2) is 0 Å². The number of aliphatic hydroxyl groups is 1. The molecular formula is C9H18O. The fraction of sp³-hybridized carbons (Fsp3) is 1.00. The average Bonchev–Trinajstić information content (AvgIpc) is 1.56. The second kappa shape index (κ2) is 2.23. The van der Waals surface area contributed by atoms with Crippen LogP contribution < -0.4 is 0 Å². The lowest BCUT2D eigenvalue weighted by molar-refractivity contribution is -0.0231. The van der Waals surface area contributed by atoms with Gasteiger partial charge in [-0.05, 0) is 31.6 Å². The van der Waals surface area contributed by atoms with Gasteiger partial charge in [0, 0.05) is 0 Å². The van der Waals surface area contributed by atoms with Crippen LogP contribution in [0.15, 0.2) is 0 Å². The average molecular weight is 142 g/mol. The van der Waals surface area contributed by atoms with Crippen molar-refractivity contribution in [3.8, 4) is 0 Å². The molecule has 10 heavy (non-hydrogen) atoms. The summed E-state index contributed by atoms with van der Waals surface area (Å²) in [6.45, 7) is 6.43. The lowest BCUT2D eigenvalue weighted by Crippen LogP contribution is -2.35. The molecule has 0 amide bonds. The van der Waals surface area contributed by atoms with Gasteiger partial charge in [-0.25, -0.2) is 0 Å². The second-order valence-electron chi connectivity index (χ2n) is 4.69. The van der Waals surface area contributed by atoms with Crippen LogP contribution in [0.3, 0.4) is 0 Å². The van der Waals surface area contributed by atoms with Gasteiger partial charge in [0.2, 0.25) is 0 Å². The van der Waals surface area contributed by atoms with E-state index in [0.717, 1.165) is 12.8 Å². The molecule has 1 heteroatoms. The lowest BCUT2D eigenvalue weighted by atomic mass is 9.71. The Labute approximate surface area is 63.4 Å². The second-order valence-corrected chi connectivity index (χ2v) is 4.69. The Hall–Kier alpha value is -0.0400. The van der Waals surface area contributed by atoms with Crippen LogP contribution in [0.5, 0.6) is 0 Å². The van der Waals surface area contributed by atoms with Crippen molar-refractivity contribution in [1.82, 2.24) is 0 Å². The molecule has 1 fully saturated rings. The molecule has 0 bridgehead atoms. The number of hydrogen-bond donors (Lipinski definition) is 1. The smallest absolute Gasteiger partial charge is 0.0624 e. The standard InChI is InChI=1S/C9H18O/c1-8(2)5-4-6-9(3,10)7-8/h10H,4-7H2,1-3H3/t9-/m1/s1. The SMILES string of the molecule is CC1(C)CCC[C@@](C)(O)C1. The van der Waals surface area contributed by atoms with Crippen LogP contribution in [-0.4, -0.2) is 10.7 Å². The Balaban J connectivity index is 2.56. The lowest BCUT2D eigenvalue weighted by Gasteiger charge is -2.39. The number of hydrogen-bond acceptors (Lipinski definition) is 1. The van der Waals surface area contributed by atoms with Crippen molar-refractivity contribution in [1.29, 1.82) is 0 Å². The third kappa shape index (κ3) is 1.98. The molecule has 1 aliphatic rings. The first-order valence-electron chi connectivity index (χ1n) is 4.14. The summed E-state index contributed by atoms with van der Waals surface area (Å²) in [5, 5.41) is 9.71. The summed E-state index contributed by atoms with van der Waals surface area (Å²) in [5.41, 5.74) is -0.0243. The van der Waals surface area contributed by atoms with Gasteiger partial charge in [-0.1, -0.05) is 20.3 Å². The highest BCUT2D eigenvalue weighted by Gasteiger charge is 2.34. The zero-order valence-corrected chi connectivity index (χ0v) is 7.28. The van der Waals surface area contributed by atoms with E-state index in [4.69, 9.17) is 0 Å². The predicted octanol–water partition coefficient (Wildman–Crippen LogP) is 2.34. The van der Waals surface area contributed by atoms with Gasteiger partial charge < -0.3 is 5.11 Å². The summed E-state index contributed by atoms with van der Waals surface area (Å²) in [5.74, 6) is 0. The van der Waals surface area contributed by atoms with E-state index in [0.29, 0.717) is 5.41 Å². The molecule has 0 aromatic heterocycles. The highest BCUT2D eigenvalue weighted by Crippen LogP contribution is 2.40. The van der Waals surface area contributed by atoms with Gasteiger partial charge >= 0.3 is 0 Å². The zero-order chi connectivity index (χ0) is 7.83. The van der Waals surface area contributed by atoms with Crippen molar-refractivity contribution in [3.63, 3.8) is 0 Å². The largest absolute Gasteiger partial charge is 0.390 e. The quantitative estimate of drug-likeness (QED) is 0.550. The van der Waals surface area contributed by atoms with E-state index in [1.165, 1.54) is 12.8 Å². The molecule has 1 atom stereocenters. The van der Waals surface area contributed by atoms with E-state index in [9.17, 15) is 5.11 Å². The van der Waals surface area contributed by atoms with Gasteiger partial charge in [-0.3, -0.25) is 0 Å². The van der Waals surface area contributed by atoms with Crippen LogP contribution in [0.2, 0.25) is 0 Å². The topological polar surface area (TPSA) is 20.2 Å². The van der Waals surface area contributed by atoms with Gasteiger partial charge in [0.25, 0.3) is 0 Å². The highest BCUT2D eigenvalue weighted by atomic mass is 16.3. The molecule has 0 spiro atoms. The van der Waals surface area contributed by atoms with Crippen molar-refractivity contribution < 1.29 is 5.11 Å². The van der Waals surface area contributed by atoms with Crippen molar-refractivity contribution in [2.24, 2.45) is 5.41 Å². The minimum atomic E-state index is -0.387. The third-order valence-corrected chi connectivity index (χ3v) is 2.43. The summed E-state index contributed by atoms with van der Waals surface area (Å²) >= 11 is 0. The summed E-state index contributed by atoms with van der Waals surface area (Å²) in [6.07, 6.45) is 4.39. The normalized spacial score (nSPS) is 39.6. The first kappa shape index (κ1) is 8.06. The highest BCUT2D eigenvalue weighted by molar-refractivity contribution is 4.86. The fourth-order valence-electron chi connectivity index (χ4n) is 2.16. The van der Waals surface area contributed by atoms with Gasteiger partial charge in [-0.2, -0.15) is 0 Å². The van der Waals surface area contributed by atoms with E-state index < -0.39 is 0 Å². The third-order valence-electron chi connectivity index (χ3n) is 2.43. The fourth-order valence-corrected chi connectivity index (χ4v) is 2.16. The van der Waals surface area contributed by atoms with E-state index in [1.54, 1.807) is 0 Å². The molecule has 0 aromatic rings. The summed E-state index contributed by atoms with van der Waals surface area (Å²) in [4.78, 5) is 0.